The number of halogens is 1. The average Bonchev–Trinajstić information content (AvgIpc) is 2.67. The van der Waals surface area contributed by atoms with Crippen molar-refractivity contribution in [3.63, 3.8) is 0 Å². The molecule has 0 heterocycles. The first kappa shape index (κ1) is 19.2. The summed E-state index contributed by atoms with van der Waals surface area (Å²) in [5.74, 6) is -0.526. The van der Waals surface area contributed by atoms with Crippen molar-refractivity contribution in [3.8, 4) is 5.75 Å². The van der Waals surface area contributed by atoms with E-state index in [9.17, 15) is 9.59 Å². The van der Waals surface area contributed by atoms with Crippen LogP contribution in [0.15, 0.2) is 42.5 Å². The molecule has 0 bridgehead atoms. The summed E-state index contributed by atoms with van der Waals surface area (Å²) in [6.07, 6.45) is 2.93. The standard InChI is InChI=1S/C21H22ClNO4/c1-14-9-10-17(22)19(11-14)26-13-21(25)27-12-20(24)23-18-8-4-6-15-5-2-3-7-16(15)18/h2-3,5,7,9-11,18H,4,6,8,12-13H2,1H3,(H,23,24)/t18-/m1/s1. The fraction of sp³-hybridized carbons (Fsp3) is 0.333. The van der Waals surface area contributed by atoms with Crippen LogP contribution in [0.5, 0.6) is 5.75 Å². The maximum absolute atomic E-state index is 12.1. The Balaban J connectivity index is 1.45. The zero-order chi connectivity index (χ0) is 19.2. The third-order valence-electron chi connectivity index (χ3n) is 4.50. The van der Waals surface area contributed by atoms with Crippen LogP contribution in [-0.4, -0.2) is 25.1 Å². The van der Waals surface area contributed by atoms with Gasteiger partial charge in [0, 0.05) is 0 Å². The van der Waals surface area contributed by atoms with Gasteiger partial charge in [-0.25, -0.2) is 4.79 Å². The van der Waals surface area contributed by atoms with Crippen LogP contribution in [-0.2, 0) is 20.7 Å². The van der Waals surface area contributed by atoms with Crippen molar-refractivity contribution in [3.05, 3.63) is 64.2 Å². The van der Waals surface area contributed by atoms with E-state index in [2.05, 4.69) is 11.4 Å². The molecule has 1 amide bonds. The van der Waals surface area contributed by atoms with E-state index in [0.29, 0.717) is 10.8 Å². The molecule has 0 radical (unpaired) electrons. The lowest BCUT2D eigenvalue weighted by molar-refractivity contribution is -0.150. The third-order valence-corrected chi connectivity index (χ3v) is 4.81. The molecule has 0 fully saturated rings. The predicted octanol–water partition coefficient (Wildman–Crippen LogP) is 3.76. The minimum Gasteiger partial charge on any atom is -0.480 e. The van der Waals surface area contributed by atoms with Gasteiger partial charge in [-0.15, -0.1) is 0 Å². The summed E-state index contributed by atoms with van der Waals surface area (Å²) < 4.78 is 10.4. The Morgan fingerprint density at radius 2 is 2.00 bits per heavy atom. The van der Waals surface area contributed by atoms with Gasteiger partial charge in [-0.1, -0.05) is 41.9 Å². The summed E-state index contributed by atoms with van der Waals surface area (Å²) in [6, 6.07) is 13.3. The summed E-state index contributed by atoms with van der Waals surface area (Å²) in [5, 5.41) is 3.36. The molecule has 1 aliphatic carbocycles. The van der Waals surface area contributed by atoms with Crippen LogP contribution in [0.2, 0.25) is 5.02 Å². The zero-order valence-electron chi connectivity index (χ0n) is 15.2. The maximum atomic E-state index is 12.1. The minimum absolute atomic E-state index is 0.0384. The van der Waals surface area contributed by atoms with Crippen molar-refractivity contribution < 1.29 is 19.1 Å². The Morgan fingerprint density at radius 3 is 2.85 bits per heavy atom. The van der Waals surface area contributed by atoms with Crippen LogP contribution in [0, 0.1) is 6.92 Å². The number of hydrogen-bond acceptors (Lipinski definition) is 4. The molecule has 0 saturated carbocycles. The van der Waals surface area contributed by atoms with Crippen LogP contribution < -0.4 is 10.1 Å². The second-order valence-electron chi connectivity index (χ2n) is 6.59. The van der Waals surface area contributed by atoms with Gasteiger partial charge in [-0.3, -0.25) is 4.79 Å². The molecule has 2 aromatic rings. The highest BCUT2D eigenvalue weighted by atomic mass is 35.5. The fourth-order valence-electron chi connectivity index (χ4n) is 3.19. The Hall–Kier alpha value is -2.53. The number of carbonyl (C=O) groups excluding carboxylic acids is 2. The molecule has 0 spiro atoms. The van der Waals surface area contributed by atoms with Gasteiger partial charge in [0.05, 0.1) is 11.1 Å². The van der Waals surface area contributed by atoms with Crippen molar-refractivity contribution in [2.24, 2.45) is 0 Å². The quantitative estimate of drug-likeness (QED) is 0.766. The third kappa shape index (κ3) is 5.23. The largest absolute Gasteiger partial charge is 0.480 e. The van der Waals surface area contributed by atoms with E-state index < -0.39 is 5.97 Å². The molecule has 1 N–H and O–H groups in total. The molecule has 1 aliphatic rings. The Morgan fingerprint density at radius 1 is 1.19 bits per heavy atom. The highest BCUT2D eigenvalue weighted by Gasteiger charge is 2.21. The van der Waals surface area contributed by atoms with Gasteiger partial charge in [0.25, 0.3) is 5.91 Å². The summed E-state index contributed by atoms with van der Waals surface area (Å²) in [5.41, 5.74) is 3.37. The van der Waals surface area contributed by atoms with Gasteiger partial charge < -0.3 is 14.8 Å². The molecule has 2 aromatic carbocycles. The Bertz CT molecular complexity index is 837. The van der Waals surface area contributed by atoms with E-state index in [4.69, 9.17) is 21.1 Å². The number of carbonyl (C=O) groups is 2. The van der Waals surface area contributed by atoms with E-state index in [1.165, 1.54) is 5.56 Å². The molecule has 0 aromatic heterocycles. The van der Waals surface area contributed by atoms with E-state index in [-0.39, 0.29) is 25.2 Å². The van der Waals surface area contributed by atoms with Crippen molar-refractivity contribution in [1.29, 1.82) is 0 Å². The van der Waals surface area contributed by atoms with Gasteiger partial charge in [-0.2, -0.15) is 0 Å². The molecular weight excluding hydrogens is 366 g/mol. The van der Waals surface area contributed by atoms with Crippen molar-refractivity contribution in [2.45, 2.75) is 32.2 Å². The second-order valence-corrected chi connectivity index (χ2v) is 7.00. The van der Waals surface area contributed by atoms with E-state index >= 15 is 0 Å². The van der Waals surface area contributed by atoms with E-state index in [0.717, 1.165) is 30.4 Å². The second kappa shape index (κ2) is 8.91. The van der Waals surface area contributed by atoms with Gasteiger partial charge in [0.15, 0.2) is 13.2 Å². The number of benzene rings is 2. The number of aryl methyl sites for hydroxylation is 2. The average molecular weight is 388 g/mol. The Kier molecular flexibility index (Phi) is 6.35. The molecule has 3 rings (SSSR count). The van der Waals surface area contributed by atoms with E-state index in [1.807, 2.05) is 31.2 Å². The summed E-state index contributed by atoms with van der Waals surface area (Å²) in [6.45, 7) is 1.26. The summed E-state index contributed by atoms with van der Waals surface area (Å²) in [7, 11) is 0. The highest BCUT2D eigenvalue weighted by Crippen LogP contribution is 2.29. The molecule has 0 unspecified atom stereocenters. The molecule has 0 saturated heterocycles. The van der Waals surface area contributed by atoms with E-state index in [1.54, 1.807) is 12.1 Å². The van der Waals surface area contributed by atoms with Gasteiger partial charge >= 0.3 is 5.97 Å². The lowest BCUT2D eigenvalue weighted by atomic mass is 9.88. The number of fused-ring (bicyclic) bond motifs is 1. The molecule has 6 heteroatoms. The molecular formula is C21H22ClNO4. The van der Waals surface area contributed by atoms with Crippen LogP contribution in [0.4, 0.5) is 0 Å². The highest BCUT2D eigenvalue weighted by molar-refractivity contribution is 6.32. The smallest absolute Gasteiger partial charge is 0.344 e. The molecule has 5 nitrogen and oxygen atoms in total. The molecule has 142 valence electrons. The van der Waals surface area contributed by atoms with Gasteiger partial charge in [0.2, 0.25) is 0 Å². The fourth-order valence-corrected chi connectivity index (χ4v) is 3.36. The first-order valence-electron chi connectivity index (χ1n) is 8.94. The van der Waals surface area contributed by atoms with Crippen molar-refractivity contribution in [1.82, 2.24) is 5.32 Å². The van der Waals surface area contributed by atoms with Crippen molar-refractivity contribution in [2.75, 3.05) is 13.2 Å². The molecule has 27 heavy (non-hydrogen) atoms. The van der Waals surface area contributed by atoms with Crippen LogP contribution >= 0.6 is 11.6 Å². The zero-order valence-corrected chi connectivity index (χ0v) is 15.9. The number of nitrogens with one attached hydrogen (secondary N) is 1. The normalized spacial score (nSPS) is 15.6. The van der Waals surface area contributed by atoms with Gasteiger partial charge in [-0.05, 0) is 55.0 Å². The topological polar surface area (TPSA) is 64.6 Å². The first-order chi connectivity index (χ1) is 13.0. The number of rotatable bonds is 6. The minimum atomic E-state index is -0.619. The molecule has 1 atom stereocenters. The molecule has 0 aliphatic heterocycles. The Labute approximate surface area is 163 Å². The number of esters is 1. The SMILES string of the molecule is Cc1ccc(Cl)c(OCC(=O)OCC(=O)N[C@@H]2CCCc3ccccc32)c1. The van der Waals surface area contributed by atoms with Crippen molar-refractivity contribution >= 4 is 23.5 Å². The van der Waals surface area contributed by atoms with Gasteiger partial charge in [0.1, 0.15) is 5.75 Å². The van der Waals surface area contributed by atoms with Crippen LogP contribution in [0.3, 0.4) is 0 Å². The summed E-state index contributed by atoms with van der Waals surface area (Å²) >= 11 is 6.02. The number of amides is 1. The number of hydrogen-bond donors (Lipinski definition) is 1. The van der Waals surface area contributed by atoms with Crippen LogP contribution in [0.1, 0.15) is 35.6 Å². The van der Waals surface area contributed by atoms with Crippen LogP contribution in [0.25, 0.3) is 0 Å². The summed E-state index contributed by atoms with van der Waals surface area (Å²) in [4.78, 5) is 24.0. The first-order valence-corrected chi connectivity index (χ1v) is 9.32. The number of ether oxygens (including phenoxy) is 2. The maximum Gasteiger partial charge on any atom is 0.344 e. The predicted molar refractivity (Wildman–Crippen MR) is 103 cm³/mol. The lowest BCUT2D eigenvalue weighted by Crippen LogP contribution is -2.34. The lowest BCUT2D eigenvalue weighted by Gasteiger charge is -2.26. The monoisotopic (exact) mass is 387 g/mol.